The molecule has 3 aliphatic rings. The fraction of sp³-hybridized carbons (Fsp3) is 0.700. The molecule has 4 unspecified atom stereocenters. The maximum absolute atomic E-state index is 14.3. The Kier molecular flexibility index (Phi) is 14.0. The summed E-state index contributed by atoms with van der Waals surface area (Å²) >= 11 is 1.40. The first-order valence-corrected chi connectivity index (χ1v) is 20.3. The zero-order valence-electron chi connectivity index (χ0n) is 34.4. The summed E-state index contributed by atoms with van der Waals surface area (Å²) in [6, 6.07) is 4.16. The molecule has 0 radical (unpaired) electrons. The van der Waals surface area contributed by atoms with Crippen molar-refractivity contribution in [3.05, 3.63) is 29.3 Å². The van der Waals surface area contributed by atoms with E-state index in [1.807, 2.05) is 38.1 Å². The van der Waals surface area contributed by atoms with E-state index >= 15 is 0 Å². The number of aliphatic hydroxyl groups excluding tert-OH is 1. The van der Waals surface area contributed by atoms with Gasteiger partial charge in [0.25, 0.3) is 0 Å². The van der Waals surface area contributed by atoms with Gasteiger partial charge in [-0.2, -0.15) is 0 Å². The van der Waals surface area contributed by atoms with Crippen LogP contribution in [0.1, 0.15) is 72.6 Å². The number of thiophene rings is 1. The molecule has 13 atom stereocenters. The number of nitrogens with zero attached hydrogens (tertiary/aromatic N) is 2. The largest absolute Gasteiger partial charge is 0.457 e. The van der Waals surface area contributed by atoms with Gasteiger partial charge in [0.2, 0.25) is 5.91 Å². The van der Waals surface area contributed by atoms with Crippen molar-refractivity contribution in [1.82, 2.24) is 20.7 Å². The van der Waals surface area contributed by atoms with Gasteiger partial charge in [0.15, 0.2) is 17.7 Å². The number of Topliss-reactive ketones (excluding diaryl/α,β-unsaturated/α-hetero) is 2. The SMILES string of the molecule is CO[C@]1(C)C[C@@H](C)C(=O)[C@H](C)[C@H]2NC(=O)O[C@]2(C)[C@@H](CCNC(=O)Cc2ccc(-c3ccon3)s2)OC(=O)[C@H](C)C(=O)[C@H](C)[C@H]1OC1OC(C)CC(N(C)C)C1O. The number of rotatable bonds is 10. The van der Waals surface area contributed by atoms with Crippen LogP contribution in [0.2, 0.25) is 0 Å². The highest BCUT2D eigenvalue weighted by Gasteiger charge is 2.57. The van der Waals surface area contributed by atoms with E-state index in [4.69, 9.17) is 28.2 Å². The second-order valence-corrected chi connectivity index (χ2v) is 17.6. The van der Waals surface area contributed by atoms with Crippen LogP contribution in [0.25, 0.3) is 10.6 Å². The molecule has 0 saturated carbocycles. The van der Waals surface area contributed by atoms with Gasteiger partial charge < -0.3 is 48.8 Å². The number of hydrogen-bond acceptors (Lipinski definition) is 15. The van der Waals surface area contributed by atoms with E-state index in [1.165, 1.54) is 31.6 Å². The smallest absolute Gasteiger partial charge is 0.408 e. The van der Waals surface area contributed by atoms with Gasteiger partial charge in [0.05, 0.1) is 35.1 Å². The lowest BCUT2D eigenvalue weighted by atomic mass is 9.73. The number of nitrogens with one attached hydrogen (secondary N) is 2. The minimum atomic E-state index is -1.56. The molecule has 2 amide bonds. The number of carbonyl (C=O) groups is 5. The Bertz CT molecular complexity index is 1750. The molecule has 17 heteroatoms. The summed E-state index contributed by atoms with van der Waals surface area (Å²) in [4.78, 5) is 72.3. The van der Waals surface area contributed by atoms with Crippen LogP contribution in [0.5, 0.6) is 0 Å². The van der Waals surface area contributed by atoms with Crippen molar-refractivity contribution >= 4 is 40.9 Å². The predicted molar refractivity (Wildman–Crippen MR) is 207 cm³/mol. The predicted octanol–water partition coefficient (Wildman–Crippen LogP) is 3.53. The summed E-state index contributed by atoms with van der Waals surface area (Å²) in [6.07, 6.45) is -3.40. The zero-order chi connectivity index (χ0) is 42.0. The first kappa shape index (κ1) is 44.4. The molecule has 57 heavy (non-hydrogen) atoms. The molecule has 0 aliphatic carbocycles. The number of esters is 1. The van der Waals surface area contributed by atoms with Crippen molar-refractivity contribution < 1.29 is 57.3 Å². The molecule has 0 bridgehead atoms. The number of alkyl carbamates (subject to hydrolysis) is 1. The van der Waals surface area contributed by atoms with Gasteiger partial charge in [0.1, 0.15) is 35.9 Å². The number of cyclic esters (lactones) is 1. The summed E-state index contributed by atoms with van der Waals surface area (Å²) in [5.74, 6) is -5.81. The summed E-state index contributed by atoms with van der Waals surface area (Å²) in [5, 5.41) is 21.0. The van der Waals surface area contributed by atoms with Crippen LogP contribution in [0, 0.1) is 23.7 Å². The Morgan fingerprint density at radius 2 is 1.79 bits per heavy atom. The Morgan fingerprint density at radius 1 is 1.07 bits per heavy atom. The van der Waals surface area contributed by atoms with Crippen molar-refractivity contribution in [1.29, 1.82) is 0 Å². The lowest BCUT2D eigenvalue weighted by Gasteiger charge is -2.47. The van der Waals surface area contributed by atoms with E-state index in [0.717, 1.165) is 9.75 Å². The van der Waals surface area contributed by atoms with Gasteiger partial charge in [-0.3, -0.25) is 19.2 Å². The minimum Gasteiger partial charge on any atom is -0.457 e. The lowest BCUT2D eigenvalue weighted by molar-refractivity contribution is -0.295. The standard InChI is InChI=1S/C40H58N4O12S/c1-20-19-39(6,51-10)35(55-37-33(48)27(44(8)9)17-21(2)53-37)23(4)32(47)24(5)36(49)54-29(40(7)34(22(3)31(20)46)42-38(50)56-40)13-15-41-30(45)18-25-11-12-28(57-25)26-14-16-52-43-26/h11-12,14,16,20-24,27,29,33-35,37,48H,13,15,17-19H2,1-10H3,(H,41,45)(H,42,50)/t20-,21?,22+,23+,24-,27?,29-,33?,34-,35-,37?,39-,40-/m1/s1. The van der Waals surface area contributed by atoms with E-state index in [0.29, 0.717) is 12.1 Å². The number of likely N-dealkylation sites (N-methyl/N-ethyl adjacent to an activating group) is 1. The Labute approximate surface area is 337 Å². The highest BCUT2D eigenvalue weighted by atomic mass is 32.1. The molecule has 316 valence electrons. The highest BCUT2D eigenvalue weighted by Crippen LogP contribution is 2.40. The molecule has 0 aromatic carbocycles. The molecule has 2 aromatic heterocycles. The van der Waals surface area contributed by atoms with Crippen molar-refractivity contribution in [2.45, 2.75) is 128 Å². The first-order valence-electron chi connectivity index (χ1n) is 19.5. The van der Waals surface area contributed by atoms with E-state index < -0.39 is 83.4 Å². The number of fused-ring (bicyclic) bond motifs is 1. The van der Waals surface area contributed by atoms with Gasteiger partial charge in [-0.15, -0.1) is 11.3 Å². The summed E-state index contributed by atoms with van der Waals surface area (Å²) in [6.45, 7) is 11.7. The third kappa shape index (κ3) is 9.60. The molecule has 5 heterocycles. The van der Waals surface area contributed by atoms with Crippen LogP contribution in [-0.4, -0.2) is 126 Å². The normalized spacial score (nSPS) is 36.9. The third-order valence-corrected chi connectivity index (χ3v) is 13.1. The topological polar surface area (TPSA) is 205 Å². The Morgan fingerprint density at radius 3 is 2.44 bits per heavy atom. The lowest BCUT2D eigenvalue weighted by Crippen LogP contribution is -2.60. The van der Waals surface area contributed by atoms with Crippen molar-refractivity contribution in [2.75, 3.05) is 27.7 Å². The Hall–Kier alpha value is -3.74. The third-order valence-electron chi connectivity index (χ3n) is 12.0. The minimum absolute atomic E-state index is 0.00336. The molecule has 3 N–H and O–H groups in total. The molecule has 5 rings (SSSR count). The van der Waals surface area contributed by atoms with Crippen molar-refractivity contribution in [3.63, 3.8) is 0 Å². The van der Waals surface area contributed by atoms with Crippen LogP contribution < -0.4 is 10.6 Å². The van der Waals surface area contributed by atoms with Crippen LogP contribution in [-0.2, 0) is 49.3 Å². The molecular weight excluding hydrogens is 761 g/mol. The highest BCUT2D eigenvalue weighted by molar-refractivity contribution is 7.15. The van der Waals surface area contributed by atoms with Gasteiger partial charge in [-0.1, -0.05) is 25.9 Å². The van der Waals surface area contributed by atoms with Gasteiger partial charge in [-0.05, 0) is 66.8 Å². The quantitative estimate of drug-likeness (QED) is 0.232. The van der Waals surface area contributed by atoms with E-state index in [1.54, 1.807) is 40.7 Å². The van der Waals surface area contributed by atoms with Crippen LogP contribution in [0.4, 0.5) is 4.79 Å². The Balaban J connectivity index is 1.42. The molecule has 3 fully saturated rings. The maximum atomic E-state index is 14.3. The number of hydrogen-bond donors (Lipinski definition) is 3. The molecule has 3 aliphatic heterocycles. The summed E-state index contributed by atoms with van der Waals surface area (Å²) in [7, 11) is 5.16. The van der Waals surface area contributed by atoms with Crippen molar-refractivity contribution in [3.8, 4) is 10.6 Å². The van der Waals surface area contributed by atoms with Gasteiger partial charge >= 0.3 is 12.1 Å². The van der Waals surface area contributed by atoms with Crippen molar-refractivity contribution in [2.24, 2.45) is 23.7 Å². The molecular formula is C40H58N4O12S. The van der Waals surface area contributed by atoms with Gasteiger partial charge in [0, 0.05) is 54.8 Å². The number of aliphatic hydroxyl groups is 1. The summed E-state index contributed by atoms with van der Waals surface area (Å²) < 4.78 is 35.6. The second kappa shape index (κ2) is 18.0. The fourth-order valence-electron chi connectivity index (χ4n) is 8.56. The maximum Gasteiger partial charge on any atom is 0.408 e. The second-order valence-electron chi connectivity index (χ2n) is 16.4. The fourth-order valence-corrected chi connectivity index (χ4v) is 9.52. The van der Waals surface area contributed by atoms with E-state index in [9.17, 15) is 29.1 Å². The first-order chi connectivity index (χ1) is 26.8. The molecule has 2 aromatic rings. The monoisotopic (exact) mass is 818 g/mol. The van der Waals surface area contributed by atoms with E-state index in [-0.39, 0.29) is 49.6 Å². The number of amides is 2. The number of ether oxygens (including phenoxy) is 5. The summed E-state index contributed by atoms with van der Waals surface area (Å²) in [5.41, 5.74) is -2.19. The molecule has 0 spiro atoms. The van der Waals surface area contributed by atoms with Crippen LogP contribution in [0.15, 0.2) is 29.0 Å². The number of aromatic nitrogens is 1. The molecule has 16 nitrogen and oxygen atoms in total. The van der Waals surface area contributed by atoms with E-state index in [2.05, 4.69) is 15.8 Å². The zero-order valence-corrected chi connectivity index (χ0v) is 35.3. The average molecular weight is 819 g/mol. The van der Waals surface area contributed by atoms with Crippen LogP contribution >= 0.6 is 11.3 Å². The average Bonchev–Trinajstić information content (AvgIpc) is 3.93. The van der Waals surface area contributed by atoms with Gasteiger partial charge in [-0.25, -0.2) is 4.79 Å². The number of carbonyl (C=O) groups excluding carboxylic acids is 5. The molecule has 3 saturated heterocycles. The number of methoxy groups -OCH3 is 1. The van der Waals surface area contributed by atoms with Crippen LogP contribution in [0.3, 0.4) is 0 Å². The number of ketones is 2.